The first-order chi connectivity index (χ1) is 20.0. The van der Waals surface area contributed by atoms with Crippen molar-refractivity contribution in [2.75, 3.05) is 0 Å². The Morgan fingerprint density at radius 2 is 1.50 bits per heavy atom. The van der Waals surface area contributed by atoms with E-state index >= 15 is 0 Å². The highest BCUT2D eigenvalue weighted by molar-refractivity contribution is 5.96. The molecule has 12 heteroatoms. The molecule has 0 aliphatic heterocycles. The van der Waals surface area contributed by atoms with Crippen molar-refractivity contribution in [3.63, 3.8) is 0 Å². The average Bonchev–Trinajstić information content (AvgIpc) is 3.37. The maximum absolute atomic E-state index is 13.3. The molecule has 4 amide bonds. The molecule has 42 heavy (non-hydrogen) atoms. The molecule has 0 saturated heterocycles. The van der Waals surface area contributed by atoms with Crippen molar-refractivity contribution >= 4 is 40.5 Å². The van der Waals surface area contributed by atoms with Crippen LogP contribution in [-0.2, 0) is 36.8 Å². The lowest BCUT2D eigenvalue weighted by molar-refractivity contribution is -0.142. The van der Waals surface area contributed by atoms with Gasteiger partial charge in [-0.25, -0.2) is 4.79 Å². The highest BCUT2D eigenvalue weighted by Gasteiger charge is 2.33. The number of para-hydroxylation sites is 1. The number of aliphatic carboxylic acids is 1. The Balaban J connectivity index is 1.71. The summed E-state index contributed by atoms with van der Waals surface area (Å²) in [6.07, 6.45) is 1.90. The van der Waals surface area contributed by atoms with Crippen LogP contribution in [0.25, 0.3) is 10.9 Å². The molecule has 9 N–H and O–H groups in total. The van der Waals surface area contributed by atoms with Gasteiger partial charge in [-0.15, -0.1) is 0 Å². The predicted molar refractivity (Wildman–Crippen MR) is 157 cm³/mol. The van der Waals surface area contributed by atoms with Gasteiger partial charge in [0.2, 0.25) is 23.6 Å². The molecular formula is C30H38N6O6. The second-order valence-electron chi connectivity index (χ2n) is 10.4. The minimum atomic E-state index is -1.40. The van der Waals surface area contributed by atoms with E-state index in [-0.39, 0.29) is 12.8 Å². The molecule has 5 atom stereocenters. The summed E-state index contributed by atoms with van der Waals surface area (Å²) in [5.41, 5.74) is 13.9. The number of fused-ring (bicyclic) bond motifs is 1. The van der Waals surface area contributed by atoms with Crippen LogP contribution in [0.4, 0.5) is 0 Å². The van der Waals surface area contributed by atoms with E-state index in [1.807, 2.05) is 31.2 Å². The molecule has 0 saturated carbocycles. The summed E-state index contributed by atoms with van der Waals surface area (Å²) in [7, 11) is 0. The van der Waals surface area contributed by atoms with E-state index in [9.17, 15) is 29.1 Å². The summed E-state index contributed by atoms with van der Waals surface area (Å²) in [5, 5.41) is 18.2. The van der Waals surface area contributed by atoms with Crippen molar-refractivity contribution in [3.05, 3.63) is 71.9 Å². The lowest BCUT2D eigenvalue weighted by Crippen LogP contribution is -2.59. The standard InChI is InChI=1S/C30H38N6O6/c1-3-17(2)26(29(40)35-24(30(41)42)13-18-9-5-4-6-10-18)36-28(39)23(15-25(32)37)34-27(38)21(31)14-19-16-33-22-12-8-7-11-20(19)22/h4-12,16-17,21,23-24,26,33H,3,13-15,31H2,1-2H3,(H2,32,37)(H,34,38)(H,35,40)(H,36,39)(H,41,42). The van der Waals surface area contributed by atoms with Crippen molar-refractivity contribution < 1.29 is 29.1 Å². The number of carboxylic acid groups (broad SMARTS) is 1. The van der Waals surface area contributed by atoms with Crippen molar-refractivity contribution in [1.29, 1.82) is 0 Å². The maximum Gasteiger partial charge on any atom is 0.326 e. The van der Waals surface area contributed by atoms with Crippen LogP contribution < -0.4 is 27.4 Å². The number of hydrogen-bond donors (Lipinski definition) is 7. The predicted octanol–water partition coefficient (Wildman–Crippen LogP) is 0.741. The van der Waals surface area contributed by atoms with Crippen molar-refractivity contribution in [1.82, 2.24) is 20.9 Å². The minimum absolute atomic E-state index is 0.0394. The third-order valence-electron chi connectivity index (χ3n) is 7.18. The molecule has 0 spiro atoms. The van der Waals surface area contributed by atoms with E-state index in [4.69, 9.17) is 11.5 Å². The number of amides is 4. The summed E-state index contributed by atoms with van der Waals surface area (Å²) in [4.78, 5) is 66.3. The summed E-state index contributed by atoms with van der Waals surface area (Å²) < 4.78 is 0. The summed E-state index contributed by atoms with van der Waals surface area (Å²) in [6, 6.07) is 11.5. The van der Waals surface area contributed by atoms with Crippen LogP contribution in [0.2, 0.25) is 0 Å². The number of nitrogens with two attached hydrogens (primary N) is 2. The average molecular weight is 579 g/mol. The number of carbonyl (C=O) groups is 5. The Morgan fingerprint density at radius 1 is 0.857 bits per heavy atom. The molecule has 0 radical (unpaired) electrons. The smallest absolute Gasteiger partial charge is 0.326 e. The molecule has 1 aromatic heterocycles. The van der Waals surface area contributed by atoms with Gasteiger partial charge in [0.25, 0.3) is 0 Å². The SMILES string of the molecule is CCC(C)C(NC(=O)C(CC(N)=O)NC(=O)C(N)Cc1c[nH]c2ccccc12)C(=O)NC(Cc1ccccc1)C(=O)O. The van der Waals surface area contributed by atoms with Crippen molar-refractivity contribution in [2.24, 2.45) is 17.4 Å². The zero-order chi connectivity index (χ0) is 30.8. The van der Waals surface area contributed by atoms with Gasteiger partial charge in [-0.2, -0.15) is 0 Å². The first-order valence-electron chi connectivity index (χ1n) is 13.8. The lowest BCUT2D eigenvalue weighted by atomic mass is 9.96. The van der Waals surface area contributed by atoms with Crippen LogP contribution in [0.15, 0.2) is 60.8 Å². The number of primary amides is 1. The molecule has 0 aliphatic carbocycles. The largest absolute Gasteiger partial charge is 0.480 e. The Labute approximate surface area is 243 Å². The van der Waals surface area contributed by atoms with Crippen LogP contribution in [0.1, 0.15) is 37.8 Å². The molecular weight excluding hydrogens is 540 g/mol. The van der Waals surface area contributed by atoms with Gasteiger partial charge in [-0.05, 0) is 29.5 Å². The molecule has 0 aliphatic rings. The van der Waals surface area contributed by atoms with Gasteiger partial charge in [-0.1, -0.05) is 68.8 Å². The lowest BCUT2D eigenvalue weighted by Gasteiger charge is -2.28. The van der Waals surface area contributed by atoms with Crippen LogP contribution in [0.5, 0.6) is 0 Å². The van der Waals surface area contributed by atoms with Gasteiger partial charge >= 0.3 is 5.97 Å². The second-order valence-corrected chi connectivity index (χ2v) is 10.4. The van der Waals surface area contributed by atoms with Gasteiger partial charge in [-0.3, -0.25) is 19.2 Å². The highest BCUT2D eigenvalue weighted by Crippen LogP contribution is 2.19. The zero-order valence-corrected chi connectivity index (χ0v) is 23.6. The number of benzene rings is 2. The normalized spacial score (nSPS) is 14.6. The van der Waals surface area contributed by atoms with Gasteiger partial charge in [0.05, 0.1) is 12.5 Å². The zero-order valence-electron chi connectivity index (χ0n) is 23.6. The molecule has 5 unspecified atom stereocenters. The van der Waals surface area contributed by atoms with Crippen LogP contribution in [0, 0.1) is 5.92 Å². The summed E-state index contributed by atoms with van der Waals surface area (Å²) in [5.74, 6) is -4.70. The number of carbonyl (C=O) groups excluding carboxylic acids is 4. The number of nitrogens with one attached hydrogen (secondary N) is 4. The molecule has 224 valence electrons. The van der Waals surface area contributed by atoms with E-state index in [0.29, 0.717) is 12.0 Å². The van der Waals surface area contributed by atoms with E-state index in [1.54, 1.807) is 43.5 Å². The third kappa shape index (κ3) is 8.64. The van der Waals surface area contributed by atoms with Gasteiger partial charge in [0.1, 0.15) is 18.1 Å². The van der Waals surface area contributed by atoms with Crippen molar-refractivity contribution in [2.45, 2.75) is 63.7 Å². The molecule has 2 aromatic carbocycles. The number of aromatic amines is 1. The topological polar surface area (TPSA) is 209 Å². The number of aromatic nitrogens is 1. The molecule has 0 fully saturated rings. The van der Waals surface area contributed by atoms with E-state index in [1.165, 1.54) is 0 Å². The quantitative estimate of drug-likeness (QED) is 0.137. The fourth-order valence-electron chi connectivity index (χ4n) is 4.59. The van der Waals surface area contributed by atoms with Gasteiger partial charge < -0.3 is 37.5 Å². The van der Waals surface area contributed by atoms with E-state index < -0.39 is 66.1 Å². The first-order valence-corrected chi connectivity index (χ1v) is 13.8. The maximum atomic E-state index is 13.3. The van der Waals surface area contributed by atoms with Crippen LogP contribution in [-0.4, -0.2) is 63.9 Å². The fourth-order valence-corrected chi connectivity index (χ4v) is 4.59. The number of carboxylic acids is 1. The highest BCUT2D eigenvalue weighted by atomic mass is 16.4. The molecule has 3 aromatic rings. The van der Waals surface area contributed by atoms with Crippen LogP contribution >= 0.6 is 0 Å². The van der Waals surface area contributed by atoms with Gasteiger partial charge in [0, 0.05) is 23.5 Å². The number of H-pyrrole nitrogens is 1. The minimum Gasteiger partial charge on any atom is -0.480 e. The Bertz CT molecular complexity index is 1410. The number of hydrogen-bond acceptors (Lipinski definition) is 6. The molecule has 12 nitrogen and oxygen atoms in total. The molecule has 0 bridgehead atoms. The van der Waals surface area contributed by atoms with Crippen LogP contribution in [0.3, 0.4) is 0 Å². The molecule has 3 rings (SSSR count). The van der Waals surface area contributed by atoms with E-state index in [0.717, 1.165) is 16.5 Å². The Morgan fingerprint density at radius 3 is 2.14 bits per heavy atom. The monoisotopic (exact) mass is 578 g/mol. The summed E-state index contributed by atoms with van der Waals surface area (Å²) >= 11 is 0. The van der Waals surface area contributed by atoms with Gasteiger partial charge in [0.15, 0.2) is 0 Å². The Hall–Kier alpha value is -4.71. The third-order valence-corrected chi connectivity index (χ3v) is 7.18. The number of rotatable bonds is 15. The van der Waals surface area contributed by atoms with E-state index in [2.05, 4.69) is 20.9 Å². The van der Waals surface area contributed by atoms with Crippen molar-refractivity contribution in [3.8, 4) is 0 Å². The fraction of sp³-hybridized carbons (Fsp3) is 0.367. The Kier molecular flexibility index (Phi) is 11.2. The first kappa shape index (κ1) is 31.8. The molecule has 1 heterocycles. The second kappa shape index (κ2) is 14.8. The summed E-state index contributed by atoms with van der Waals surface area (Å²) in [6.45, 7) is 3.53.